The van der Waals surface area contributed by atoms with E-state index in [0.29, 0.717) is 19.4 Å². The van der Waals surface area contributed by atoms with Crippen molar-refractivity contribution in [3.8, 4) is 0 Å². The highest BCUT2D eigenvalue weighted by Gasteiger charge is 2.17. The van der Waals surface area contributed by atoms with Gasteiger partial charge in [-0.25, -0.2) is 0 Å². The van der Waals surface area contributed by atoms with Crippen LogP contribution in [0.15, 0.2) is 60.8 Å². The summed E-state index contributed by atoms with van der Waals surface area (Å²) >= 11 is 0. The van der Waals surface area contributed by atoms with Crippen LogP contribution in [-0.4, -0.2) is 37.9 Å². The zero-order valence-electron chi connectivity index (χ0n) is 37.1. The Hall–Kier alpha value is -2.40. The number of rotatable bonds is 43. The molecule has 5 heteroatoms. The summed E-state index contributed by atoms with van der Waals surface area (Å²) in [5.74, 6) is -0.424. The summed E-state index contributed by atoms with van der Waals surface area (Å²) in [7, 11) is 0. The van der Waals surface area contributed by atoms with Crippen LogP contribution >= 0.6 is 0 Å². The SMILES string of the molecule is CC/C=C\C/C=C\C/C=C\CCCCCCOCC(COC(=O)CCCCCCC/C=C\C/C=C\CCCCC)OC(=O)CCCCCCCCCCCCC. The molecule has 0 radical (unpaired) electrons. The molecule has 0 rings (SSSR count). The largest absolute Gasteiger partial charge is 0.462 e. The van der Waals surface area contributed by atoms with Crippen LogP contribution in [0.1, 0.15) is 226 Å². The smallest absolute Gasteiger partial charge is 0.306 e. The Kier molecular flexibility index (Phi) is 45.0. The van der Waals surface area contributed by atoms with Crippen molar-refractivity contribution in [1.82, 2.24) is 0 Å². The molecule has 5 nitrogen and oxygen atoms in total. The standard InChI is InChI=1S/C51H90O5/c1-4-7-10-13-16-19-22-24-26-27-30-32-35-38-41-44-50(52)55-48-49(56-51(53)45-42-39-36-33-29-21-18-15-12-9-6-3)47-54-46-43-40-37-34-31-28-25-23-20-17-14-11-8-5-2/h8,11,16-17,19-20,24-26,28,49H,4-7,9-10,12-15,18,21-23,27,29-48H2,1-3H3/b11-8-,19-16-,20-17-,26-24-,28-25-. The second kappa shape index (κ2) is 47.0. The van der Waals surface area contributed by atoms with Crippen LogP contribution in [-0.2, 0) is 23.8 Å². The van der Waals surface area contributed by atoms with Gasteiger partial charge in [0.15, 0.2) is 6.10 Å². The van der Waals surface area contributed by atoms with Gasteiger partial charge < -0.3 is 14.2 Å². The molecule has 0 fully saturated rings. The maximum atomic E-state index is 12.7. The summed E-state index contributed by atoms with van der Waals surface area (Å²) in [4.78, 5) is 25.3. The molecule has 1 unspecified atom stereocenters. The van der Waals surface area contributed by atoms with E-state index in [2.05, 4.69) is 81.5 Å². The Morgan fingerprint density at radius 3 is 1.32 bits per heavy atom. The van der Waals surface area contributed by atoms with Gasteiger partial charge >= 0.3 is 11.9 Å². The summed E-state index contributed by atoms with van der Waals surface area (Å²) in [6, 6.07) is 0. The quantitative estimate of drug-likeness (QED) is 0.0350. The Morgan fingerprint density at radius 1 is 0.411 bits per heavy atom. The molecule has 0 saturated carbocycles. The highest BCUT2D eigenvalue weighted by atomic mass is 16.6. The third-order valence-corrected chi connectivity index (χ3v) is 10.0. The topological polar surface area (TPSA) is 61.8 Å². The lowest BCUT2D eigenvalue weighted by molar-refractivity contribution is -0.163. The Morgan fingerprint density at radius 2 is 0.804 bits per heavy atom. The lowest BCUT2D eigenvalue weighted by Crippen LogP contribution is -2.30. The van der Waals surface area contributed by atoms with E-state index in [0.717, 1.165) is 83.5 Å². The third-order valence-electron chi connectivity index (χ3n) is 10.0. The molecule has 0 N–H and O–H groups in total. The van der Waals surface area contributed by atoms with Gasteiger partial charge in [0.25, 0.3) is 0 Å². The minimum Gasteiger partial charge on any atom is -0.462 e. The lowest BCUT2D eigenvalue weighted by Gasteiger charge is -2.18. The molecule has 324 valence electrons. The highest BCUT2D eigenvalue weighted by Crippen LogP contribution is 2.14. The summed E-state index contributed by atoms with van der Waals surface area (Å²) in [5, 5.41) is 0. The van der Waals surface area contributed by atoms with Crippen LogP contribution in [0.25, 0.3) is 0 Å². The number of hydrogen-bond acceptors (Lipinski definition) is 5. The van der Waals surface area contributed by atoms with Gasteiger partial charge in [-0.2, -0.15) is 0 Å². The summed E-state index contributed by atoms with van der Waals surface area (Å²) < 4.78 is 17.3. The van der Waals surface area contributed by atoms with E-state index in [1.807, 2.05) is 0 Å². The highest BCUT2D eigenvalue weighted by molar-refractivity contribution is 5.70. The van der Waals surface area contributed by atoms with Crippen LogP contribution in [0.5, 0.6) is 0 Å². The van der Waals surface area contributed by atoms with E-state index >= 15 is 0 Å². The molecule has 0 aromatic carbocycles. The van der Waals surface area contributed by atoms with Crippen LogP contribution in [0.3, 0.4) is 0 Å². The van der Waals surface area contributed by atoms with E-state index < -0.39 is 6.10 Å². The van der Waals surface area contributed by atoms with E-state index in [-0.39, 0.29) is 25.2 Å². The second-order valence-electron chi connectivity index (χ2n) is 15.6. The Bertz CT molecular complexity index is 977. The predicted octanol–water partition coefficient (Wildman–Crippen LogP) is 15.8. The van der Waals surface area contributed by atoms with Crippen molar-refractivity contribution in [2.45, 2.75) is 232 Å². The van der Waals surface area contributed by atoms with Gasteiger partial charge in [0.05, 0.1) is 6.61 Å². The predicted molar refractivity (Wildman–Crippen MR) is 242 cm³/mol. The molecular weight excluding hydrogens is 693 g/mol. The fourth-order valence-electron chi connectivity index (χ4n) is 6.49. The first-order valence-corrected chi connectivity index (χ1v) is 23.8. The van der Waals surface area contributed by atoms with Crippen molar-refractivity contribution in [3.63, 3.8) is 0 Å². The van der Waals surface area contributed by atoms with Crippen molar-refractivity contribution >= 4 is 11.9 Å². The molecule has 0 saturated heterocycles. The lowest BCUT2D eigenvalue weighted by atomic mass is 10.1. The molecular formula is C51H90O5. The van der Waals surface area contributed by atoms with Crippen LogP contribution in [0.2, 0.25) is 0 Å². The van der Waals surface area contributed by atoms with Gasteiger partial charge in [-0.05, 0) is 83.5 Å². The molecule has 1 atom stereocenters. The molecule has 0 aliphatic heterocycles. The minimum absolute atomic E-state index is 0.0695. The molecule has 0 aromatic heterocycles. The molecule has 0 heterocycles. The third kappa shape index (κ3) is 44.3. The molecule has 0 aromatic rings. The summed E-state index contributed by atoms with van der Waals surface area (Å²) in [5.41, 5.74) is 0. The van der Waals surface area contributed by atoms with Crippen molar-refractivity contribution in [2.75, 3.05) is 19.8 Å². The first-order valence-electron chi connectivity index (χ1n) is 23.8. The first kappa shape index (κ1) is 53.6. The molecule has 0 spiro atoms. The van der Waals surface area contributed by atoms with Crippen molar-refractivity contribution in [1.29, 1.82) is 0 Å². The molecule has 0 aliphatic rings. The number of hydrogen-bond donors (Lipinski definition) is 0. The molecule has 0 aliphatic carbocycles. The molecule has 0 amide bonds. The zero-order valence-corrected chi connectivity index (χ0v) is 37.1. The van der Waals surface area contributed by atoms with E-state index in [4.69, 9.17) is 14.2 Å². The number of carbonyl (C=O) groups is 2. The monoisotopic (exact) mass is 783 g/mol. The van der Waals surface area contributed by atoms with Crippen LogP contribution in [0.4, 0.5) is 0 Å². The number of ether oxygens (including phenoxy) is 3. The van der Waals surface area contributed by atoms with Gasteiger partial charge in [0, 0.05) is 19.4 Å². The normalized spacial score (nSPS) is 12.7. The van der Waals surface area contributed by atoms with Gasteiger partial charge in [-0.1, -0.05) is 191 Å². The fraction of sp³-hybridized carbons (Fsp3) is 0.765. The summed E-state index contributed by atoms with van der Waals surface area (Å²) in [6.07, 6.45) is 57.9. The maximum absolute atomic E-state index is 12.7. The van der Waals surface area contributed by atoms with Crippen molar-refractivity contribution < 1.29 is 23.8 Å². The van der Waals surface area contributed by atoms with Gasteiger partial charge in [-0.3, -0.25) is 9.59 Å². The van der Waals surface area contributed by atoms with Crippen LogP contribution in [0, 0.1) is 0 Å². The number of allylic oxidation sites excluding steroid dienone is 10. The van der Waals surface area contributed by atoms with Gasteiger partial charge in [-0.15, -0.1) is 0 Å². The van der Waals surface area contributed by atoms with Crippen LogP contribution < -0.4 is 0 Å². The number of carbonyl (C=O) groups excluding carboxylic acids is 2. The Labute approximate surface area is 347 Å². The zero-order chi connectivity index (χ0) is 40.7. The average Bonchev–Trinajstić information content (AvgIpc) is 3.20. The van der Waals surface area contributed by atoms with Crippen molar-refractivity contribution in [3.05, 3.63) is 60.8 Å². The van der Waals surface area contributed by atoms with Gasteiger partial charge in [0.2, 0.25) is 0 Å². The van der Waals surface area contributed by atoms with Crippen molar-refractivity contribution in [2.24, 2.45) is 0 Å². The number of unbranched alkanes of at least 4 members (excludes halogenated alkanes) is 22. The van der Waals surface area contributed by atoms with E-state index in [1.54, 1.807) is 0 Å². The fourth-order valence-corrected chi connectivity index (χ4v) is 6.49. The summed E-state index contributed by atoms with van der Waals surface area (Å²) in [6.45, 7) is 7.63. The van der Waals surface area contributed by atoms with Gasteiger partial charge in [0.1, 0.15) is 6.61 Å². The first-order chi connectivity index (χ1) is 27.6. The second-order valence-corrected chi connectivity index (χ2v) is 15.6. The maximum Gasteiger partial charge on any atom is 0.306 e. The number of esters is 2. The molecule has 56 heavy (non-hydrogen) atoms. The Balaban J connectivity index is 4.30. The van der Waals surface area contributed by atoms with E-state index in [1.165, 1.54) is 109 Å². The minimum atomic E-state index is -0.550. The molecule has 0 bridgehead atoms. The average molecular weight is 783 g/mol. The van der Waals surface area contributed by atoms with E-state index in [9.17, 15) is 9.59 Å².